The summed E-state index contributed by atoms with van der Waals surface area (Å²) in [6.07, 6.45) is 0.577. The summed E-state index contributed by atoms with van der Waals surface area (Å²) in [4.78, 5) is 12.1. The van der Waals surface area contributed by atoms with Crippen molar-refractivity contribution in [3.05, 3.63) is 70.0 Å². The molecule has 0 radical (unpaired) electrons. The molecule has 0 atom stereocenters. The fourth-order valence-electron chi connectivity index (χ4n) is 3.31. The lowest BCUT2D eigenvalue weighted by Gasteiger charge is -2.26. The minimum atomic E-state index is -4.08. The molecule has 1 amide bonds. The van der Waals surface area contributed by atoms with Crippen LogP contribution < -0.4 is 5.32 Å². The van der Waals surface area contributed by atoms with E-state index in [1.54, 1.807) is 0 Å². The van der Waals surface area contributed by atoms with Gasteiger partial charge in [-0.3, -0.25) is 10.1 Å². The van der Waals surface area contributed by atoms with Crippen molar-refractivity contribution >= 4 is 32.4 Å². The molecular formula is C21H21FN4O4S2. The Morgan fingerprint density at radius 3 is 2.72 bits per heavy atom. The molecule has 2 aromatic carbocycles. The molecule has 0 bridgehead atoms. The highest BCUT2D eigenvalue weighted by Gasteiger charge is 2.30. The number of rotatable bonds is 6. The lowest BCUT2D eigenvalue weighted by molar-refractivity contribution is 0.0729. The predicted molar refractivity (Wildman–Crippen MR) is 118 cm³/mol. The average molecular weight is 477 g/mol. The Kier molecular flexibility index (Phi) is 6.60. The molecule has 1 aliphatic heterocycles. The van der Waals surface area contributed by atoms with Gasteiger partial charge in [-0.2, -0.15) is 4.31 Å². The van der Waals surface area contributed by atoms with Crippen LogP contribution in [-0.2, 0) is 21.2 Å². The molecule has 1 N–H and O–H groups in total. The Bertz CT molecular complexity index is 1240. The third-order valence-corrected chi connectivity index (χ3v) is 7.66. The number of anilines is 1. The highest BCUT2D eigenvalue weighted by Crippen LogP contribution is 2.24. The molecular weight excluding hydrogens is 455 g/mol. The number of aromatic nitrogens is 2. The number of nitrogens with zero attached hydrogens (tertiary/aromatic N) is 3. The van der Waals surface area contributed by atoms with Crippen molar-refractivity contribution in [3.8, 4) is 0 Å². The van der Waals surface area contributed by atoms with Crippen molar-refractivity contribution in [1.29, 1.82) is 0 Å². The van der Waals surface area contributed by atoms with E-state index in [0.717, 1.165) is 32.6 Å². The van der Waals surface area contributed by atoms with Crippen LogP contribution in [0.3, 0.4) is 0 Å². The van der Waals surface area contributed by atoms with Gasteiger partial charge in [0.25, 0.3) is 5.91 Å². The molecule has 11 heteroatoms. The second-order valence-electron chi connectivity index (χ2n) is 7.28. The van der Waals surface area contributed by atoms with E-state index in [-0.39, 0.29) is 37.0 Å². The van der Waals surface area contributed by atoms with E-state index in [0.29, 0.717) is 6.42 Å². The van der Waals surface area contributed by atoms with Gasteiger partial charge in [-0.25, -0.2) is 12.8 Å². The van der Waals surface area contributed by atoms with Gasteiger partial charge in [0.15, 0.2) is 0 Å². The van der Waals surface area contributed by atoms with Gasteiger partial charge in [0.2, 0.25) is 15.2 Å². The van der Waals surface area contributed by atoms with Crippen LogP contribution in [-0.4, -0.2) is 55.1 Å². The Morgan fingerprint density at radius 1 is 1.19 bits per heavy atom. The van der Waals surface area contributed by atoms with Crippen molar-refractivity contribution in [2.75, 3.05) is 31.6 Å². The molecule has 1 fully saturated rings. The fraction of sp³-hybridized carbons (Fsp3) is 0.286. The number of amides is 1. The first kappa shape index (κ1) is 22.5. The number of sulfonamides is 1. The molecule has 168 valence electrons. The fourth-order valence-corrected chi connectivity index (χ4v) is 5.58. The highest BCUT2D eigenvalue weighted by molar-refractivity contribution is 7.89. The summed E-state index contributed by atoms with van der Waals surface area (Å²) < 4.78 is 46.3. The van der Waals surface area contributed by atoms with Crippen LogP contribution in [0.4, 0.5) is 9.52 Å². The number of aryl methyl sites for hydroxylation is 1. The van der Waals surface area contributed by atoms with Gasteiger partial charge in [0.05, 0.1) is 13.2 Å². The van der Waals surface area contributed by atoms with Gasteiger partial charge in [-0.1, -0.05) is 41.2 Å². The van der Waals surface area contributed by atoms with Crippen LogP contribution in [0.2, 0.25) is 0 Å². The maximum Gasteiger partial charge on any atom is 0.257 e. The largest absolute Gasteiger partial charge is 0.379 e. The van der Waals surface area contributed by atoms with Crippen LogP contribution >= 0.6 is 11.3 Å². The maximum absolute atomic E-state index is 14.4. The molecule has 3 aromatic rings. The Hall–Kier alpha value is -2.73. The minimum absolute atomic E-state index is 0.00803. The van der Waals surface area contributed by atoms with E-state index in [9.17, 15) is 17.6 Å². The Morgan fingerprint density at radius 2 is 1.97 bits per heavy atom. The van der Waals surface area contributed by atoms with Crippen molar-refractivity contribution in [1.82, 2.24) is 14.5 Å². The summed E-state index contributed by atoms with van der Waals surface area (Å²) in [5, 5.41) is 11.7. The normalized spacial score (nSPS) is 14.9. The third kappa shape index (κ3) is 5.01. The summed E-state index contributed by atoms with van der Waals surface area (Å²) in [5.41, 5.74) is 2.23. The molecule has 8 nitrogen and oxygen atoms in total. The number of hydrogen-bond donors (Lipinski definition) is 1. The maximum atomic E-state index is 14.4. The first-order valence-electron chi connectivity index (χ1n) is 9.89. The van der Waals surface area contributed by atoms with E-state index in [2.05, 4.69) is 21.6 Å². The number of hydrogen-bond acceptors (Lipinski definition) is 7. The van der Waals surface area contributed by atoms with E-state index >= 15 is 0 Å². The van der Waals surface area contributed by atoms with Gasteiger partial charge in [-0.05, 0) is 30.7 Å². The SMILES string of the molecule is Cc1cccc(Cc2nnc(NC(=O)c3ccc(F)c(S(=O)(=O)N4CCOCC4)c3)s2)c1. The van der Waals surface area contributed by atoms with E-state index in [1.807, 2.05) is 25.1 Å². The van der Waals surface area contributed by atoms with Gasteiger partial charge in [0, 0.05) is 25.1 Å². The Labute approximate surface area is 189 Å². The zero-order chi connectivity index (χ0) is 22.7. The molecule has 1 saturated heterocycles. The molecule has 1 aliphatic rings. The summed E-state index contributed by atoms with van der Waals surface area (Å²) >= 11 is 1.22. The van der Waals surface area contributed by atoms with Crippen molar-refractivity contribution < 1.29 is 22.3 Å². The summed E-state index contributed by atoms with van der Waals surface area (Å²) in [5.74, 6) is -1.51. The molecule has 0 saturated carbocycles. The van der Waals surface area contributed by atoms with Crippen LogP contribution in [0.5, 0.6) is 0 Å². The lowest BCUT2D eigenvalue weighted by atomic mass is 10.1. The van der Waals surface area contributed by atoms with Crippen LogP contribution in [0.15, 0.2) is 47.4 Å². The molecule has 4 rings (SSSR count). The third-order valence-electron chi connectivity index (χ3n) is 4.91. The monoisotopic (exact) mass is 476 g/mol. The van der Waals surface area contributed by atoms with E-state index < -0.39 is 26.6 Å². The van der Waals surface area contributed by atoms with E-state index in [4.69, 9.17) is 4.74 Å². The van der Waals surface area contributed by atoms with Gasteiger partial charge >= 0.3 is 0 Å². The van der Waals surface area contributed by atoms with E-state index in [1.165, 1.54) is 17.4 Å². The number of halogens is 1. The summed E-state index contributed by atoms with van der Waals surface area (Å²) in [6, 6.07) is 11.3. The standard InChI is InChI=1S/C21H21FN4O4S2/c1-14-3-2-4-15(11-14)12-19-24-25-21(31-19)23-20(27)16-5-6-17(22)18(13-16)32(28,29)26-7-9-30-10-8-26/h2-6,11,13H,7-10,12H2,1H3,(H,23,25,27). The number of morpholine rings is 1. The highest BCUT2D eigenvalue weighted by atomic mass is 32.2. The van der Waals surface area contributed by atoms with Gasteiger partial charge in [-0.15, -0.1) is 10.2 Å². The van der Waals surface area contributed by atoms with Gasteiger partial charge in [0.1, 0.15) is 15.7 Å². The second kappa shape index (κ2) is 9.41. The zero-order valence-corrected chi connectivity index (χ0v) is 18.9. The lowest BCUT2D eigenvalue weighted by Crippen LogP contribution is -2.41. The number of benzene rings is 2. The number of carbonyl (C=O) groups is 1. The van der Waals surface area contributed by atoms with Crippen molar-refractivity contribution in [2.45, 2.75) is 18.2 Å². The summed E-state index contributed by atoms with van der Waals surface area (Å²) in [7, 11) is -4.08. The molecule has 0 unspecified atom stereocenters. The second-order valence-corrected chi connectivity index (χ2v) is 10.3. The molecule has 0 aliphatic carbocycles. The molecule has 1 aromatic heterocycles. The Balaban J connectivity index is 1.49. The zero-order valence-electron chi connectivity index (χ0n) is 17.2. The van der Waals surface area contributed by atoms with Crippen LogP contribution in [0.25, 0.3) is 0 Å². The first-order chi connectivity index (χ1) is 15.3. The number of carbonyl (C=O) groups excluding carboxylic acids is 1. The van der Waals surface area contributed by atoms with Crippen molar-refractivity contribution in [2.24, 2.45) is 0 Å². The number of nitrogens with one attached hydrogen (secondary N) is 1. The molecule has 32 heavy (non-hydrogen) atoms. The first-order valence-corrected chi connectivity index (χ1v) is 12.2. The predicted octanol–water partition coefficient (Wildman–Crippen LogP) is 2.85. The summed E-state index contributed by atoms with van der Waals surface area (Å²) in [6.45, 7) is 2.75. The average Bonchev–Trinajstić information content (AvgIpc) is 3.21. The van der Waals surface area contributed by atoms with Crippen molar-refractivity contribution in [3.63, 3.8) is 0 Å². The smallest absolute Gasteiger partial charge is 0.257 e. The molecule has 2 heterocycles. The van der Waals surface area contributed by atoms with Crippen LogP contribution in [0.1, 0.15) is 26.5 Å². The minimum Gasteiger partial charge on any atom is -0.379 e. The van der Waals surface area contributed by atoms with Gasteiger partial charge < -0.3 is 4.74 Å². The number of ether oxygens (including phenoxy) is 1. The quantitative estimate of drug-likeness (QED) is 0.587. The molecule has 0 spiro atoms. The van der Waals surface area contributed by atoms with Crippen LogP contribution in [0, 0.1) is 12.7 Å². The topological polar surface area (TPSA) is 101 Å².